The van der Waals surface area contributed by atoms with Crippen LogP contribution in [0.5, 0.6) is 0 Å². The second kappa shape index (κ2) is 2.40. The minimum atomic E-state index is -0.532. The molecule has 0 aliphatic carbocycles. The molecule has 0 amide bonds. The zero-order valence-corrected chi connectivity index (χ0v) is 6.78. The van der Waals surface area contributed by atoms with Gasteiger partial charge >= 0.3 is 0 Å². The summed E-state index contributed by atoms with van der Waals surface area (Å²) in [4.78, 5) is 0. The van der Waals surface area contributed by atoms with E-state index in [4.69, 9.17) is 4.74 Å². The zero-order valence-electron chi connectivity index (χ0n) is 5.97. The summed E-state index contributed by atoms with van der Waals surface area (Å²) in [6.07, 6.45) is 2.26. The maximum atomic E-state index is 11.1. The van der Waals surface area contributed by atoms with E-state index in [-0.39, 0.29) is 0 Å². The number of hydrogen-bond acceptors (Lipinski definition) is 2. The van der Waals surface area contributed by atoms with E-state index < -0.39 is 11.2 Å². The fraction of sp³-hybridized carbons (Fsp3) is 1.00. The van der Waals surface area contributed by atoms with Gasteiger partial charge in [-0.1, -0.05) is 11.2 Å². The van der Waals surface area contributed by atoms with Gasteiger partial charge in [0.25, 0.3) is 0 Å². The average Bonchev–Trinajstić information content (AvgIpc) is 2.46. The Hall–Kier alpha value is 0.270. The third-order valence-corrected chi connectivity index (χ3v) is 4.11. The van der Waals surface area contributed by atoms with Crippen molar-refractivity contribution >= 4 is 11.2 Å². The number of ether oxygens (including phenoxy) is 1. The average molecular weight is 160 g/mol. The molecule has 2 unspecified atom stereocenters. The van der Waals surface area contributed by atoms with E-state index in [1.54, 1.807) is 0 Å². The topological polar surface area (TPSA) is 32.3 Å². The van der Waals surface area contributed by atoms with Crippen LogP contribution in [-0.2, 0) is 15.9 Å². The molecule has 58 valence electrons. The Balaban J connectivity index is 2.03. The Labute approximate surface area is 64.1 Å². The van der Waals surface area contributed by atoms with E-state index in [0.717, 1.165) is 37.6 Å². The highest BCUT2D eigenvalue weighted by Crippen LogP contribution is 2.39. The largest absolute Gasteiger partial charge is 0.616 e. The highest BCUT2D eigenvalue weighted by Gasteiger charge is 2.44. The van der Waals surface area contributed by atoms with E-state index >= 15 is 0 Å². The molecule has 0 bridgehead atoms. The lowest BCUT2D eigenvalue weighted by Crippen LogP contribution is -2.21. The van der Waals surface area contributed by atoms with E-state index in [2.05, 4.69) is 0 Å². The first kappa shape index (κ1) is 6.95. The Morgan fingerprint density at radius 1 is 1.40 bits per heavy atom. The van der Waals surface area contributed by atoms with Gasteiger partial charge in [-0.05, 0) is 6.42 Å². The summed E-state index contributed by atoms with van der Waals surface area (Å²) in [5.74, 6) is 1.80. The van der Waals surface area contributed by atoms with E-state index in [1.165, 1.54) is 0 Å². The number of rotatable bonds is 0. The normalized spacial score (nSPS) is 47.1. The first-order chi connectivity index (χ1) is 4.81. The van der Waals surface area contributed by atoms with Crippen LogP contribution in [0.15, 0.2) is 0 Å². The van der Waals surface area contributed by atoms with Gasteiger partial charge in [0.2, 0.25) is 0 Å². The van der Waals surface area contributed by atoms with Crippen molar-refractivity contribution in [2.75, 3.05) is 24.7 Å². The fourth-order valence-corrected chi connectivity index (χ4v) is 3.64. The molecule has 0 aromatic carbocycles. The minimum absolute atomic E-state index is 0.338. The van der Waals surface area contributed by atoms with E-state index in [9.17, 15) is 4.55 Å². The van der Waals surface area contributed by atoms with Crippen LogP contribution in [0.1, 0.15) is 12.8 Å². The second-order valence-corrected chi connectivity index (χ2v) is 4.92. The smallest absolute Gasteiger partial charge is 0.113 e. The van der Waals surface area contributed by atoms with Gasteiger partial charge in [-0.3, -0.25) is 0 Å². The van der Waals surface area contributed by atoms with Gasteiger partial charge in [0.05, 0.1) is 6.61 Å². The molecule has 2 fully saturated rings. The molecule has 0 saturated carbocycles. The van der Waals surface area contributed by atoms with Crippen LogP contribution in [0.2, 0.25) is 0 Å². The minimum Gasteiger partial charge on any atom is -0.616 e. The predicted octanol–water partition coefficient (Wildman–Crippen LogP) is 0.545. The van der Waals surface area contributed by atoms with E-state index in [1.807, 2.05) is 0 Å². The summed E-state index contributed by atoms with van der Waals surface area (Å²) in [5, 5.41) is 0. The zero-order chi connectivity index (χ0) is 7.03. The molecule has 0 N–H and O–H groups in total. The van der Waals surface area contributed by atoms with Gasteiger partial charge in [0.15, 0.2) is 0 Å². The van der Waals surface area contributed by atoms with Crippen molar-refractivity contribution in [3.05, 3.63) is 0 Å². The van der Waals surface area contributed by atoms with Crippen molar-refractivity contribution < 1.29 is 9.29 Å². The molecule has 0 radical (unpaired) electrons. The van der Waals surface area contributed by atoms with Gasteiger partial charge < -0.3 is 9.29 Å². The second-order valence-electron chi connectivity index (χ2n) is 3.34. The van der Waals surface area contributed by atoms with Gasteiger partial charge in [-0.2, -0.15) is 0 Å². The molecular weight excluding hydrogens is 148 g/mol. The molecule has 1 spiro atoms. The summed E-state index contributed by atoms with van der Waals surface area (Å²) < 4.78 is 16.4. The fourth-order valence-electron chi connectivity index (χ4n) is 1.78. The van der Waals surface area contributed by atoms with Crippen molar-refractivity contribution in [2.24, 2.45) is 5.41 Å². The van der Waals surface area contributed by atoms with E-state index in [0.29, 0.717) is 5.41 Å². The first-order valence-electron chi connectivity index (χ1n) is 3.74. The third kappa shape index (κ3) is 1.06. The standard InChI is InChI=1S/C7H12O2S/c8-10-4-2-7(6-10)1-3-9-5-7/h1-6H2. The maximum absolute atomic E-state index is 11.1. The van der Waals surface area contributed by atoms with Crippen LogP contribution < -0.4 is 0 Å². The van der Waals surface area contributed by atoms with Gasteiger partial charge in [-0.15, -0.1) is 0 Å². The van der Waals surface area contributed by atoms with Crippen LogP contribution in [0.4, 0.5) is 0 Å². The molecule has 2 aliphatic heterocycles. The third-order valence-electron chi connectivity index (χ3n) is 2.51. The van der Waals surface area contributed by atoms with Gasteiger partial charge in [0, 0.05) is 18.4 Å². The SMILES string of the molecule is [O-][S+]1CCC2(CCOC2)C1. The first-order valence-corrected chi connectivity index (χ1v) is 5.22. The molecule has 10 heavy (non-hydrogen) atoms. The Morgan fingerprint density at radius 2 is 2.30 bits per heavy atom. The molecule has 0 aromatic rings. The molecule has 2 aliphatic rings. The van der Waals surface area contributed by atoms with Crippen LogP contribution in [0, 0.1) is 5.41 Å². The van der Waals surface area contributed by atoms with Crippen LogP contribution in [-0.4, -0.2) is 29.3 Å². The lowest BCUT2D eigenvalue weighted by molar-refractivity contribution is 0.162. The molecule has 0 aromatic heterocycles. The number of hydrogen-bond donors (Lipinski definition) is 0. The molecule has 2 nitrogen and oxygen atoms in total. The molecular formula is C7H12O2S. The predicted molar refractivity (Wildman–Crippen MR) is 40.4 cm³/mol. The van der Waals surface area contributed by atoms with Crippen molar-refractivity contribution in [3.8, 4) is 0 Å². The van der Waals surface area contributed by atoms with Crippen molar-refractivity contribution in [1.29, 1.82) is 0 Å². The monoisotopic (exact) mass is 160 g/mol. The van der Waals surface area contributed by atoms with Gasteiger partial charge in [0.1, 0.15) is 11.5 Å². The summed E-state index contributed by atoms with van der Waals surface area (Å²) in [6, 6.07) is 0. The van der Waals surface area contributed by atoms with Crippen LogP contribution in [0.3, 0.4) is 0 Å². The summed E-state index contributed by atoms with van der Waals surface area (Å²) >= 11 is -0.532. The van der Waals surface area contributed by atoms with Crippen LogP contribution >= 0.6 is 0 Å². The highest BCUT2D eigenvalue weighted by atomic mass is 32.2. The van der Waals surface area contributed by atoms with Gasteiger partial charge in [-0.25, -0.2) is 0 Å². The summed E-state index contributed by atoms with van der Waals surface area (Å²) in [7, 11) is 0. The molecule has 2 heterocycles. The van der Waals surface area contributed by atoms with Crippen molar-refractivity contribution in [1.82, 2.24) is 0 Å². The molecule has 2 atom stereocenters. The van der Waals surface area contributed by atoms with Crippen molar-refractivity contribution in [2.45, 2.75) is 12.8 Å². The Kier molecular flexibility index (Phi) is 1.66. The highest BCUT2D eigenvalue weighted by molar-refractivity contribution is 7.91. The summed E-state index contributed by atoms with van der Waals surface area (Å²) in [5.41, 5.74) is 0.338. The molecule has 2 rings (SSSR count). The Bertz CT molecular complexity index is 132. The lowest BCUT2D eigenvalue weighted by atomic mass is 9.87. The quantitative estimate of drug-likeness (QED) is 0.485. The maximum Gasteiger partial charge on any atom is 0.113 e. The Morgan fingerprint density at radius 3 is 2.80 bits per heavy atom. The molecule has 3 heteroatoms. The summed E-state index contributed by atoms with van der Waals surface area (Å²) in [6.45, 7) is 1.75. The lowest BCUT2D eigenvalue weighted by Gasteiger charge is -2.15. The van der Waals surface area contributed by atoms with Crippen molar-refractivity contribution in [3.63, 3.8) is 0 Å². The van der Waals surface area contributed by atoms with Crippen LogP contribution in [0.25, 0.3) is 0 Å². The molecule has 2 saturated heterocycles.